The van der Waals surface area contributed by atoms with Crippen LogP contribution in [0.2, 0.25) is 0 Å². The summed E-state index contributed by atoms with van der Waals surface area (Å²) in [6.07, 6.45) is 2.01. The summed E-state index contributed by atoms with van der Waals surface area (Å²) in [6.45, 7) is 11.1. The van der Waals surface area contributed by atoms with Crippen LogP contribution in [0.15, 0.2) is 0 Å². The van der Waals surface area contributed by atoms with Crippen molar-refractivity contribution in [2.75, 3.05) is 6.54 Å². The Bertz CT molecular complexity index is 132. The molecule has 13 heavy (non-hydrogen) atoms. The molecule has 0 saturated heterocycles. The number of rotatable bonds is 6. The number of hydrogen-bond donors (Lipinski definition) is 2. The van der Waals surface area contributed by atoms with Crippen molar-refractivity contribution in [3.63, 3.8) is 0 Å². The van der Waals surface area contributed by atoms with Crippen LogP contribution in [-0.2, 0) is 0 Å². The van der Waals surface area contributed by atoms with Crippen LogP contribution in [0.5, 0.6) is 0 Å². The van der Waals surface area contributed by atoms with Crippen molar-refractivity contribution in [1.82, 2.24) is 5.32 Å². The molecule has 0 radical (unpaired) electrons. The molecular weight excluding hydrogens is 162 g/mol. The average Bonchev–Trinajstić information content (AvgIpc) is 2.00. The third kappa shape index (κ3) is 7.03. The lowest BCUT2D eigenvalue weighted by molar-refractivity contribution is 0.0340. The molecule has 2 N–H and O–H groups in total. The first-order chi connectivity index (χ1) is 5.87. The highest BCUT2D eigenvalue weighted by Gasteiger charge is 2.22. The van der Waals surface area contributed by atoms with Gasteiger partial charge in [-0.15, -0.1) is 0 Å². The van der Waals surface area contributed by atoms with Crippen LogP contribution >= 0.6 is 0 Å². The maximum Gasteiger partial charge on any atom is 0.0746 e. The highest BCUT2D eigenvalue weighted by atomic mass is 16.3. The fraction of sp³-hybridized carbons (Fsp3) is 1.00. The molecule has 0 heterocycles. The van der Waals surface area contributed by atoms with E-state index in [0.29, 0.717) is 18.5 Å². The average molecular weight is 187 g/mol. The Morgan fingerprint density at radius 1 is 1.31 bits per heavy atom. The molecule has 0 rings (SSSR count). The van der Waals surface area contributed by atoms with Crippen LogP contribution in [-0.4, -0.2) is 23.3 Å². The zero-order valence-electron chi connectivity index (χ0n) is 9.72. The van der Waals surface area contributed by atoms with Gasteiger partial charge in [-0.3, -0.25) is 0 Å². The van der Waals surface area contributed by atoms with Gasteiger partial charge in [0, 0.05) is 12.6 Å². The highest BCUT2D eigenvalue weighted by Crippen LogP contribution is 2.18. The van der Waals surface area contributed by atoms with E-state index >= 15 is 0 Å². The minimum Gasteiger partial charge on any atom is -0.389 e. The Labute approximate surface area is 82.7 Å². The van der Waals surface area contributed by atoms with Gasteiger partial charge < -0.3 is 10.4 Å². The number of nitrogens with one attached hydrogen (secondary N) is 1. The summed E-state index contributed by atoms with van der Waals surface area (Å²) >= 11 is 0. The molecule has 0 saturated carbocycles. The van der Waals surface area contributed by atoms with Crippen LogP contribution in [0.3, 0.4) is 0 Å². The van der Waals surface area contributed by atoms with Crippen molar-refractivity contribution in [3.8, 4) is 0 Å². The molecule has 0 aromatic heterocycles. The standard InChI is InChI=1S/C11H25NO/c1-6-10(4)7-11(5,13)8-12-9(2)3/h9-10,12-13H,6-8H2,1-5H3. The molecular formula is C11H25NO. The predicted octanol–water partition coefficient (Wildman–Crippen LogP) is 2.17. The normalized spacial score (nSPS) is 18.7. The van der Waals surface area contributed by atoms with E-state index in [1.54, 1.807) is 0 Å². The molecule has 0 amide bonds. The Morgan fingerprint density at radius 3 is 2.23 bits per heavy atom. The zero-order chi connectivity index (χ0) is 10.5. The molecule has 0 aromatic rings. The molecule has 80 valence electrons. The van der Waals surface area contributed by atoms with Crippen molar-refractivity contribution in [3.05, 3.63) is 0 Å². The Morgan fingerprint density at radius 2 is 1.85 bits per heavy atom. The fourth-order valence-corrected chi connectivity index (χ4v) is 1.39. The van der Waals surface area contributed by atoms with E-state index < -0.39 is 5.60 Å². The topological polar surface area (TPSA) is 32.3 Å². The quantitative estimate of drug-likeness (QED) is 0.668. The van der Waals surface area contributed by atoms with Gasteiger partial charge in [-0.25, -0.2) is 0 Å². The summed E-state index contributed by atoms with van der Waals surface area (Å²) in [5, 5.41) is 13.3. The van der Waals surface area contributed by atoms with Gasteiger partial charge in [0.2, 0.25) is 0 Å². The van der Waals surface area contributed by atoms with Gasteiger partial charge in [0.25, 0.3) is 0 Å². The van der Waals surface area contributed by atoms with Gasteiger partial charge in [0.05, 0.1) is 5.60 Å². The number of aliphatic hydroxyl groups is 1. The van der Waals surface area contributed by atoms with Crippen molar-refractivity contribution in [1.29, 1.82) is 0 Å². The minimum absolute atomic E-state index is 0.448. The van der Waals surface area contributed by atoms with Crippen molar-refractivity contribution >= 4 is 0 Å². The van der Waals surface area contributed by atoms with Crippen molar-refractivity contribution < 1.29 is 5.11 Å². The molecule has 2 atom stereocenters. The van der Waals surface area contributed by atoms with Gasteiger partial charge in [-0.2, -0.15) is 0 Å². The van der Waals surface area contributed by atoms with E-state index in [1.165, 1.54) is 0 Å². The highest BCUT2D eigenvalue weighted by molar-refractivity contribution is 4.78. The third-order valence-corrected chi connectivity index (χ3v) is 2.38. The van der Waals surface area contributed by atoms with Crippen molar-refractivity contribution in [2.24, 2.45) is 5.92 Å². The molecule has 0 aliphatic carbocycles. The smallest absolute Gasteiger partial charge is 0.0746 e. The van der Waals surface area contributed by atoms with E-state index in [9.17, 15) is 5.11 Å². The summed E-state index contributed by atoms with van der Waals surface area (Å²) in [7, 11) is 0. The second-order valence-electron chi connectivity index (χ2n) is 4.75. The molecule has 0 aliphatic heterocycles. The van der Waals surface area contributed by atoms with E-state index in [1.807, 2.05) is 6.92 Å². The molecule has 0 aromatic carbocycles. The Balaban J connectivity index is 3.79. The fourth-order valence-electron chi connectivity index (χ4n) is 1.39. The minimum atomic E-state index is -0.556. The van der Waals surface area contributed by atoms with Gasteiger partial charge in [-0.1, -0.05) is 34.1 Å². The molecule has 0 bridgehead atoms. The van der Waals surface area contributed by atoms with Crippen LogP contribution in [0.1, 0.15) is 47.5 Å². The molecule has 0 spiro atoms. The van der Waals surface area contributed by atoms with Crippen molar-refractivity contribution in [2.45, 2.75) is 59.1 Å². The third-order valence-electron chi connectivity index (χ3n) is 2.38. The molecule has 0 aliphatic rings. The van der Waals surface area contributed by atoms with Gasteiger partial charge in [0.1, 0.15) is 0 Å². The largest absolute Gasteiger partial charge is 0.389 e. The van der Waals surface area contributed by atoms with E-state index in [2.05, 4.69) is 33.0 Å². The summed E-state index contributed by atoms with van der Waals surface area (Å²) in [6, 6.07) is 0.448. The monoisotopic (exact) mass is 187 g/mol. The second-order valence-corrected chi connectivity index (χ2v) is 4.75. The first kappa shape index (κ1) is 12.9. The Hall–Kier alpha value is -0.0800. The summed E-state index contributed by atoms with van der Waals surface area (Å²) in [5.41, 5.74) is -0.556. The lowest BCUT2D eigenvalue weighted by Gasteiger charge is -2.27. The van der Waals surface area contributed by atoms with Gasteiger partial charge in [0.15, 0.2) is 0 Å². The maximum atomic E-state index is 10.0. The second kappa shape index (κ2) is 5.61. The van der Waals surface area contributed by atoms with Gasteiger partial charge >= 0.3 is 0 Å². The SMILES string of the molecule is CCC(C)CC(C)(O)CNC(C)C. The maximum absolute atomic E-state index is 10.0. The predicted molar refractivity (Wildman–Crippen MR) is 57.8 cm³/mol. The lowest BCUT2D eigenvalue weighted by atomic mass is 9.91. The Kier molecular flexibility index (Phi) is 5.57. The van der Waals surface area contributed by atoms with E-state index in [0.717, 1.165) is 12.8 Å². The zero-order valence-corrected chi connectivity index (χ0v) is 9.72. The molecule has 2 heteroatoms. The van der Waals surface area contributed by atoms with Crippen LogP contribution < -0.4 is 5.32 Å². The molecule has 2 nitrogen and oxygen atoms in total. The number of hydrogen-bond acceptors (Lipinski definition) is 2. The van der Waals surface area contributed by atoms with E-state index in [4.69, 9.17) is 0 Å². The van der Waals surface area contributed by atoms with Crippen LogP contribution in [0.4, 0.5) is 0 Å². The first-order valence-corrected chi connectivity index (χ1v) is 5.33. The van der Waals surface area contributed by atoms with Crippen LogP contribution in [0, 0.1) is 5.92 Å². The summed E-state index contributed by atoms with van der Waals surface area (Å²) in [4.78, 5) is 0. The first-order valence-electron chi connectivity index (χ1n) is 5.33. The summed E-state index contributed by atoms with van der Waals surface area (Å²) in [5.74, 6) is 0.601. The van der Waals surface area contributed by atoms with Crippen LogP contribution in [0.25, 0.3) is 0 Å². The van der Waals surface area contributed by atoms with Gasteiger partial charge in [-0.05, 0) is 19.3 Å². The van der Waals surface area contributed by atoms with E-state index in [-0.39, 0.29) is 0 Å². The molecule has 0 fully saturated rings. The lowest BCUT2D eigenvalue weighted by Crippen LogP contribution is -2.41. The summed E-state index contributed by atoms with van der Waals surface area (Å²) < 4.78 is 0. The molecule has 2 unspecified atom stereocenters.